The SMILES string of the molecule is CNC(=O)[C@H]1CCCC[C@H](NC(=O)/C=C/c2cc(Cl)ccc2-n2cnnn2)c2nc(c[nH]2)-c2ccc(NC(=O)OC)cc2N1. The Hall–Kier alpha value is -5.24. The van der Waals surface area contributed by atoms with Crippen LogP contribution < -0.4 is 21.3 Å². The Labute approximate surface area is 257 Å². The minimum absolute atomic E-state index is 0.167. The molecule has 4 aromatic rings. The zero-order valence-corrected chi connectivity index (χ0v) is 24.8. The number of benzene rings is 2. The maximum Gasteiger partial charge on any atom is 0.411 e. The second-order valence-electron chi connectivity index (χ2n) is 10.00. The van der Waals surface area contributed by atoms with E-state index in [1.807, 2.05) is 0 Å². The normalized spacial score (nSPS) is 16.5. The zero-order valence-electron chi connectivity index (χ0n) is 24.0. The number of rotatable bonds is 6. The number of ether oxygens (including phenoxy) is 1. The number of methoxy groups -OCH3 is 1. The van der Waals surface area contributed by atoms with Gasteiger partial charge in [0.05, 0.1) is 24.5 Å². The molecule has 14 nitrogen and oxygen atoms in total. The average Bonchev–Trinajstić information content (AvgIpc) is 3.73. The highest BCUT2D eigenvalue weighted by Gasteiger charge is 2.24. The van der Waals surface area contributed by atoms with Gasteiger partial charge in [-0.05, 0) is 65.7 Å². The second kappa shape index (κ2) is 13.8. The van der Waals surface area contributed by atoms with E-state index in [2.05, 4.69) is 41.8 Å². The number of likely N-dealkylation sites (N-methyl/N-ethyl adjacent to an activating group) is 1. The van der Waals surface area contributed by atoms with Gasteiger partial charge >= 0.3 is 6.09 Å². The molecule has 15 heteroatoms. The fourth-order valence-electron chi connectivity index (χ4n) is 4.92. The summed E-state index contributed by atoms with van der Waals surface area (Å²) < 4.78 is 6.20. The maximum absolute atomic E-state index is 13.2. The Balaban J connectivity index is 1.41. The number of nitrogens with zero attached hydrogens (tertiary/aromatic N) is 5. The lowest BCUT2D eigenvalue weighted by Gasteiger charge is -2.22. The molecule has 44 heavy (non-hydrogen) atoms. The molecule has 3 amide bonds. The minimum atomic E-state index is -0.613. The van der Waals surface area contributed by atoms with Crippen LogP contribution in [0.1, 0.15) is 43.1 Å². The minimum Gasteiger partial charge on any atom is -0.453 e. The number of hydrogen-bond acceptors (Lipinski definition) is 9. The van der Waals surface area contributed by atoms with Gasteiger partial charge in [0, 0.05) is 46.8 Å². The van der Waals surface area contributed by atoms with Gasteiger partial charge in [-0.3, -0.25) is 14.9 Å². The van der Waals surface area contributed by atoms with Crippen LogP contribution in [0.2, 0.25) is 5.02 Å². The van der Waals surface area contributed by atoms with Crippen LogP contribution in [0.5, 0.6) is 0 Å². The highest BCUT2D eigenvalue weighted by Crippen LogP contribution is 2.33. The number of nitrogens with one attached hydrogen (secondary N) is 5. The van der Waals surface area contributed by atoms with Gasteiger partial charge in [-0.2, -0.15) is 4.68 Å². The fraction of sp³-hybridized carbons (Fsp3) is 0.276. The molecule has 228 valence electrons. The molecule has 0 fully saturated rings. The molecule has 1 aliphatic heterocycles. The van der Waals surface area contributed by atoms with E-state index in [0.717, 1.165) is 0 Å². The largest absolute Gasteiger partial charge is 0.453 e. The monoisotopic (exact) mass is 618 g/mol. The molecule has 1 aliphatic rings. The van der Waals surface area contributed by atoms with E-state index in [4.69, 9.17) is 21.3 Å². The van der Waals surface area contributed by atoms with Crippen molar-refractivity contribution in [1.29, 1.82) is 0 Å². The van der Waals surface area contributed by atoms with E-state index < -0.39 is 18.2 Å². The van der Waals surface area contributed by atoms with Gasteiger partial charge in [-0.25, -0.2) is 9.78 Å². The van der Waals surface area contributed by atoms with Crippen LogP contribution in [0.4, 0.5) is 16.2 Å². The van der Waals surface area contributed by atoms with Gasteiger partial charge in [0.2, 0.25) is 11.8 Å². The molecule has 5 N–H and O–H groups in total. The number of hydrogen-bond donors (Lipinski definition) is 5. The number of tetrazole rings is 1. The first kappa shape index (κ1) is 30.2. The van der Waals surface area contributed by atoms with Crippen LogP contribution >= 0.6 is 11.6 Å². The Bertz CT molecular complexity index is 1670. The fourth-order valence-corrected chi connectivity index (χ4v) is 5.10. The van der Waals surface area contributed by atoms with E-state index in [9.17, 15) is 14.4 Å². The number of amides is 3. The van der Waals surface area contributed by atoms with Crippen LogP contribution in [0.15, 0.2) is 55.0 Å². The van der Waals surface area contributed by atoms with Crippen LogP contribution in [0, 0.1) is 0 Å². The molecule has 0 radical (unpaired) electrons. The molecule has 2 aromatic carbocycles. The lowest BCUT2D eigenvalue weighted by molar-refractivity contribution is -0.121. The van der Waals surface area contributed by atoms with E-state index in [1.54, 1.807) is 55.7 Å². The Kier molecular flexibility index (Phi) is 9.49. The van der Waals surface area contributed by atoms with Crippen molar-refractivity contribution in [3.63, 3.8) is 0 Å². The molecule has 0 aliphatic carbocycles. The molecule has 2 aromatic heterocycles. The summed E-state index contributed by atoms with van der Waals surface area (Å²) in [6.45, 7) is 0. The number of aromatic amines is 1. The molecule has 3 heterocycles. The predicted octanol–water partition coefficient (Wildman–Crippen LogP) is 3.86. The molecular formula is C29H31ClN10O4. The number of aromatic nitrogens is 6. The summed E-state index contributed by atoms with van der Waals surface area (Å²) in [7, 11) is 2.87. The molecule has 2 bridgehead atoms. The van der Waals surface area contributed by atoms with E-state index in [1.165, 1.54) is 24.2 Å². The number of imidazole rings is 1. The third kappa shape index (κ3) is 7.21. The Morgan fingerprint density at radius 1 is 1.14 bits per heavy atom. The number of anilines is 2. The van der Waals surface area contributed by atoms with Crippen LogP contribution in [0.3, 0.4) is 0 Å². The standard InChI is InChI=1S/C29H31ClN10O4/c1-31-28(42)22-6-4-3-5-21(36-26(41)12-7-17-13-18(30)8-11-25(17)40-16-33-38-39-40)27-32-15-24(37-27)20-10-9-19(14-23(20)35-22)34-29(43)44-2/h7-16,21-22,35H,3-6H2,1-2H3,(H,31,42)(H,32,37)(H,34,43)(H,36,41)/b12-7+/t21-,22+/m0/s1. The van der Waals surface area contributed by atoms with Crippen molar-refractivity contribution in [3.05, 3.63) is 71.4 Å². The van der Waals surface area contributed by atoms with Crippen molar-refractivity contribution in [3.8, 4) is 16.9 Å². The summed E-state index contributed by atoms with van der Waals surface area (Å²) in [5, 5.41) is 23.5. The van der Waals surface area contributed by atoms with Crippen molar-refractivity contribution < 1.29 is 19.1 Å². The summed E-state index contributed by atoms with van der Waals surface area (Å²) in [6.07, 6.45) is 8.22. The van der Waals surface area contributed by atoms with Gasteiger partial charge in [-0.1, -0.05) is 24.4 Å². The van der Waals surface area contributed by atoms with E-state index in [0.29, 0.717) is 70.4 Å². The first-order valence-electron chi connectivity index (χ1n) is 13.9. The predicted molar refractivity (Wildman–Crippen MR) is 164 cm³/mol. The smallest absolute Gasteiger partial charge is 0.411 e. The first-order chi connectivity index (χ1) is 21.3. The lowest BCUT2D eigenvalue weighted by atomic mass is 10.0. The van der Waals surface area contributed by atoms with Gasteiger partial charge in [0.25, 0.3) is 0 Å². The molecule has 0 spiro atoms. The number of carbonyl (C=O) groups is 3. The molecule has 0 unspecified atom stereocenters. The van der Waals surface area contributed by atoms with Gasteiger partial charge in [0.15, 0.2) is 0 Å². The first-order valence-corrected chi connectivity index (χ1v) is 14.3. The topological polar surface area (TPSA) is 181 Å². The van der Waals surface area contributed by atoms with Gasteiger partial charge in [-0.15, -0.1) is 5.10 Å². The maximum atomic E-state index is 13.2. The molecule has 0 saturated carbocycles. The summed E-state index contributed by atoms with van der Waals surface area (Å²) in [4.78, 5) is 45.8. The van der Waals surface area contributed by atoms with Crippen LogP contribution in [-0.2, 0) is 14.3 Å². The van der Waals surface area contributed by atoms with E-state index in [-0.39, 0.29) is 11.8 Å². The summed E-state index contributed by atoms with van der Waals surface area (Å²) in [5.74, 6) is 0.0932. The molecule has 5 rings (SSSR count). The zero-order chi connectivity index (χ0) is 31.1. The Morgan fingerprint density at radius 2 is 1.98 bits per heavy atom. The van der Waals surface area contributed by atoms with Crippen LogP contribution in [0.25, 0.3) is 23.0 Å². The molecular weight excluding hydrogens is 588 g/mol. The average molecular weight is 619 g/mol. The number of carbonyl (C=O) groups excluding carboxylic acids is 3. The van der Waals surface area contributed by atoms with Crippen LogP contribution in [-0.4, -0.2) is 68.3 Å². The Morgan fingerprint density at radius 3 is 2.75 bits per heavy atom. The third-order valence-electron chi connectivity index (χ3n) is 7.10. The second-order valence-corrected chi connectivity index (χ2v) is 10.4. The van der Waals surface area contributed by atoms with Crippen molar-refractivity contribution >= 4 is 47.0 Å². The van der Waals surface area contributed by atoms with E-state index >= 15 is 0 Å². The van der Waals surface area contributed by atoms with Crippen molar-refractivity contribution in [1.82, 2.24) is 40.8 Å². The number of fused-ring (bicyclic) bond motifs is 4. The number of halogens is 1. The quantitative estimate of drug-likeness (QED) is 0.200. The van der Waals surface area contributed by atoms with Gasteiger partial charge < -0.3 is 25.7 Å². The highest BCUT2D eigenvalue weighted by atomic mass is 35.5. The number of H-pyrrole nitrogens is 1. The van der Waals surface area contributed by atoms with Gasteiger partial charge in [0.1, 0.15) is 18.2 Å². The third-order valence-corrected chi connectivity index (χ3v) is 7.33. The van der Waals surface area contributed by atoms with Crippen molar-refractivity contribution in [2.45, 2.75) is 37.8 Å². The molecule has 0 saturated heterocycles. The highest BCUT2D eigenvalue weighted by molar-refractivity contribution is 6.30. The summed E-state index contributed by atoms with van der Waals surface area (Å²) in [5.41, 5.74) is 3.72. The summed E-state index contributed by atoms with van der Waals surface area (Å²) >= 11 is 6.21. The molecule has 2 atom stereocenters. The lowest BCUT2D eigenvalue weighted by Crippen LogP contribution is -2.38. The summed E-state index contributed by atoms with van der Waals surface area (Å²) in [6, 6.07) is 9.49. The van der Waals surface area contributed by atoms with Crippen molar-refractivity contribution in [2.75, 3.05) is 24.8 Å². The van der Waals surface area contributed by atoms with Crippen molar-refractivity contribution in [2.24, 2.45) is 0 Å².